The molecule has 0 saturated carbocycles. The Morgan fingerprint density at radius 3 is 1.33 bits per heavy atom. The molecule has 0 unspecified atom stereocenters. The lowest BCUT2D eigenvalue weighted by Crippen LogP contribution is -2.25. The number of carbonyl (C=O) groups excluding carboxylic acids is 2. The van der Waals surface area contributed by atoms with E-state index in [1.165, 1.54) is 0 Å². The van der Waals surface area contributed by atoms with Crippen LogP contribution in [-0.4, -0.2) is 51.3 Å². The first-order chi connectivity index (χ1) is 14.8. The molecule has 2 aromatic carbocycles. The van der Waals surface area contributed by atoms with Gasteiger partial charge in [0.15, 0.2) is 0 Å². The molecule has 2 N–H and O–H groups in total. The molecular weight excluding hydrogens is 380 g/mol. The minimum atomic E-state index is -0.0487. The molecule has 6 nitrogen and oxygen atoms in total. The van der Waals surface area contributed by atoms with Gasteiger partial charge < -0.3 is 20.1 Å². The first-order valence-corrected chi connectivity index (χ1v) is 10.6. The Hall–Kier alpha value is -2.70. The normalized spacial score (nSPS) is 10.5. The highest BCUT2D eigenvalue weighted by molar-refractivity contribution is 5.94. The molecule has 2 aromatic rings. The van der Waals surface area contributed by atoms with Gasteiger partial charge in [0.05, 0.1) is 0 Å². The first kappa shape index (κ1) is 23.6. The molecule has 0 fully saturated rings. The molecule has 0 spiro atoms. The van der Waals surface area contributed by atoms with Crippen LogP contribution in [0.4, 0.5) is 0 Å². The maximum atomic E-state index is 11.9. The molecule has 2 rings (SSSR count). The number of amides is 2. The second kappa shape index (κ2) is 15.2. The summed E-state index contributed by atoms with van der Waals surface area (Å²) in [6, 6.07) is 18.4. The summed E-state index contributed by atoms with van der Waals surface area (Å²) in [7, 11) is 0. The summed E-state index contributed by atoms with van der Waals surface area (Å²) in [5.74, 6) is -0.0974. The van der Waals surface area contributed by atoms with Crippen LogP contribution in [0.5, 0.6) is 0 Å². The second-order valence-corrected chi connectivity index (χ2v) is 6.88. The Balaban J connectivity index is 1.32. The zero-order valence-corrected chi connectivity index (χ0v) is 17.5. The van der Waals surface area contributed by atoms with Crippen molar-refractivity contribution in [1.82, 2.24) is 10.6 Å². The fourth-order valence-corrected chi connectivity index (χ4v) is 2.75. The molecule has 162 valence electrons. The van der Waals surface area contributed by atoms with Gasteiger partial charge in [0, 0.05) is 50.6 Å². The van der Waals surface area contributed by atoms with Crippen molar-refractivity contribution in [2.75, 3.05) is 39.5 Å². The van der Waals surface area contributed by atoms with Crippen molar-refractivity contribution in [3.05, 3.63) is 71.8 Å². The average Bonchev–Trinajstić information content (AvgIpc) is 2.80. The first-order valence-electron chi connectivity index (χ1n) is 10.6. The number of unbranched alkanes of at least 4 members (excludes halogenated alkanes) is 1. The van der Waals surface area contributed by atoms with Crippen molar-refractivity contribution in [2.45, 2.75) is 25.7 Å². The minimum Gasteiger partial charge on any atom is -0.381 e. The average molecular weight is 413 g/mol. The van der Waals surface area contributed by atoms with Crippen molar-refractivity contribution in [1.29, 1.82) is 0 Å². The predicted octanol–water partition coefficient (Wildman–Crippen LogP) is 3.44. The molecule has 0 radical (unpaired) electrons. The van der Waals surface area contributed by atoms with E-state index in [9.17, 15) is 9.59 Å². The Morgan fingerprint density at radius 1 is 0.567 bits per heavy atom. The van der Waals surface area contributed by atoms with Gasteiger partial charge in [-0.25, -0.2) is 0 Å². The van der Waals surface area contributed by atoms with Gasteiger partial charge in [-0.2, -0.15) is 0 Å². The van der Waals surface area contributed by atoms with Gasteiger partial charge >= 0.3 is 0 Å². The lowest BCUT2D eigenvalue weighted by atomic mass is 10.2. The quantitative estimate of drug-likeness (QED) is 0.440. The van der Waals surface area contributed by atoms with Crippen molar-refractivity contribution in [3.63, 3.8) is 0 Å². The zero-order valence-electron chi connectivity index (χ0n) is 17.5. The number of ether oxygens (including phenoxy) is 2. The topological polar surface area (TPSA) is 76.7 Å². The number of benzene rings is 2. The van der Waals surface area contributed by atoms with E-state index in [2.05, 4.69) is 10.6 Å². The van der Waals surface area contributed by atoms with Crippen LogP contribution in [0, 0.1) is 0 Å². The molecule has 0 aromatic heterocycles. The lowest BCUT2D eigenvalue weighted by Gasteiger charge is -2.07. The number of hydrogen-bond acceptors (Lipinski definition) is 4. The van der Waals surface area contributed by atoms with Gasteiger partial charge in [0.25, 0.3) is 11.8 Å². The van der Waals surface area contributed by atoms with Crippen LogP contribution in [0.2, 0.25) is 0 Å². The third kappa shape index (κ3) is 10.2. The van der Waals surface area contributed by atoms with Gasteiger partial charge in [-0.1, -0.05) is 36.4 Å². The number of nitrogens with one attached hydrogen (secondary N) is 2. The molecule has 0 aliphatic carbocycles. The summed E-state index contributed by atoms with van der Waals surface area (Å²) in [6.45, 7) is 3.88. The van der Waals surface area contributed by atoms with E-state index in [1.807, 2.05) is 36.4 Å². The summed E-state index contributed by atoms with van der Waals surface area (Å²) in [5.41, 5.74) is 1.36. The molecule has 0 aliphatic rings. The maximum Gasteiger partial charge on any atom is 0.251 e. The highest BCUT2D eigenvalue weighted by atomic mass is 16.5. The fraction of sp³-hybridized carbons (Fsp3) is 0.417. The highest BCUT2D eigenvalue weighted by Gasteiger charge is 2.03. The SMILES string of the molecule is O=C(NCCCOCCCCOCCCNC(=O)c1ccccc1)c1ccccc1. The van der Waals surface area contributed by atoms with E-state index in [0.717, 1.165) is 25.7 Å². The van der Waals surface area contributed by atoms with Gasteiger partial charge in [-0.15, -0.1) is 0 Å². The van der Waals surface area contributed by atoms with Crippen LogP contribution in [0.1, 0.15) is 46.4 Å². The molecule has 6 heteroatoms. The van der Waals surface area contributed by atoms with E-state index >= 15 is 0 Å². The lowest BCUT2D eigenvalue weighted by molar-refractivity contribution is 0.0902. The van der Waals surface area contributed by atoms with Crippen LogP contribution in [0.15, 0.2) is 60.7 Å². The van der Waals surface area contributed by atoms with Crippen LogP contribution in [-0.2, 0) is 9.47 Å². The highest BCUT2D eigenvalue weighted by Crippen LogP contribution is 1.99. The Bertz CT molecular complexity index is 659. The predicted molar refractivity (Wildman–Crippen MR) is 118 cm³/mol. The zero-order chi connectivity index (χ0) is 21.3. The third-order valence-corrected chi connectivity index (χ3v) is 4.40. The number of hydrogen-bond donors (Lipinski definition) is 2. The Kier molecular flexibility index (Phi) is 11.9. The van der Waals surface area contributed by atoms with E-state index < -0.39 is 0 Å². The Labute approximate surface area is 179 Å². The Morgan fingerprint density at radius 2 is 0.933 bits per heavy atom. The number of carbonyl (C=O) groups is 2. The van der Waals surface area contributed by atoms with Crippen molar-refractivity contribution < 1.29 is 19.1 Å². The van der Waals surface area contributed by atoms with Crippen LogP contribution in [0.3, 0.4) is 0 Å². The molecule has 0 atom stereocenters. The molecule has 0 aliphatic heterocycles. The molecule has 0 saturated heterocycles. The molecule has 0 heterocycles. The summed E-state index contributed by atoms with van der Waals surface area (Å²) < 4.78 is 11.2. The standard InChI is InChI=1S/C24H32N2O4/c27-23(21-11-3-1-4-12-21)25-15-9-19-29-17-7-8-18-30-20-10-16-26-24(28)22-13-5-2-6-14-22/h1-6,11-14H,7-10,15-20H2,(H,25,27)(H,26,28). The monoisotopic (exact) mass is 412 g/mol. The summed E-state index contributed by atoms with van der Waals surface area (Å²) in [5, 5.41) is 5.77. The minimum absolute atomic E-state index is 0.0487. The van der Waals surface area contributed by atoms with Crippen LogP contribution >= 0.6 is 0 Å². The van der Waals surface area contributed by atoms with E-state index in [4.69, 9.17) is 9.47 Å². The summed E-state index contributed by atoms with van der Waals surface area (Å²) >= 11 is 0. The summed E-state index contributed by atoms with van der Waals surface area (Å²) in [6.07, 6.45) is 3.48. The largest absolute Gasteiger partial charge is 0.381 e. The second-order valence-electron chi connectivity index (χ2n) is 6.88. The summed E-state index contributed by atoms with van der Waals surface area (Å²) in [4.78, 5) is 23.7. The van der Waals surface area contributed by atoms with Gasteiger partial charge in [0.1, 0.15) is 0 Å². The maximum absolute atomic E-state index is 11.9. The molecule has 0 bridgehead atoms. The van der Waals surface area contributed by atoms with E-state index in [1.54, 1.807) is 24.3 Å². The van der Waals surface area contributed by atoms with Gasteiger partial charge in [0.2, 0.25) is 0 Å². The number of rotatable bonds is 15. The van der Waals surface area contributed by atoms with Gasteiger partial charge in [-0.3, -0.25) is 9.59 Å². The van der Waals surface area contributed by atoms with Crippen molar-refractivity contribution in [3.8, 4) is 0 Å². The van der Waals surface area contributed by atoms with E-state index in [0.29, 0.717) is 50.6 Å². The van der Waals surface area contributed by atoms with Crippen LogP contribution in [0.25, 0.3) is 0 Å². The van der Waals surface area contributed by atoms with Crippen molar-refractivity contribution >= 4 is 11.8 Å². The smallest absolute Gasteiger partial charge is 0.251 e. The fourth-order valence-electron chi connectivity index (χ4n) is 2.75. The third-order valence-electron chi connectivity index (χ3n) is 4.40. The van der Waals surface area contributed by atoms with E-state index in [-0.39, 0.29) is 11.8 Å². The molecule has 2 amide bonds. The molecular formula is C24H32N2O4. The van der Waals surface area contributed by atoms with Crippen LogP contribution < -0.4 is 10.6 Å². The van der Waals surface area contributed by atoms with Crippen molar-refractivity contribution in [2.24, 2.45) is 0 Å². The van der Waals surface area contributed by atoms with Gasteiger partial charge in [-0.05, 0) is 49.9 Å². The molecule has 30 heavy (non-hydrogen) atoms.